The van der Waals surface area contributed by atoms with Crippen molar-refractivity contribution >= 4 is 27.2 Å². The number of nitrogens with one attached hydrogen (secondary N) is 1. The molecule has 0 atom stereocenters. The molecule has 29 heavy (non-hydrogen) atoms. The molecule has 4 aromatic rings. The SMILES string of the molecule is COc1ccc(-c2csc3nc(CN(C)c4ccccc4)[nH]c(=O)c23)cc1OC. The van der Waals surface area contributed by atoms with Crippen LogP contribution in [0.25, 0.3) is 21.3 Å². The summed E-state index contributed by atoms with van der Waals surface area (Å²) in [4.78, 5) is 23.3. The number of ether oxygens (including phenoxy) is 2. The summed E-state index contributed by atoms with van der Waals surface area (Å²) in [5, 5.41) is 2.55. The normalized spacial score (nSPS) is 10.9. The third-order valence-corrected chi connectivity index (χ3v) is 5.64. The summed E-state index contributed by atoms with van der Waals surface area (Å²) in [6, 6.07) is 15.6. The molecule has 148 valence electrons. The fourth-order valence-corrected chi connectivity index (χ4v) is 4.25. The lowest BCUT2D eigenvalue weighted by molar-refractivity contribution is 0.355. The molecule has 0 radical (unpaired) electrons. The van der Waals surface area contributed by atoms with E-state index in [0.717, 1.165) is 21.6 Å². The van der Waals surface area contributed by atoms with Gasteiger partial charge in [-0.3, -0.25) is 4.79 Å². The number of aromatic amines is 1. The Morgan fingerprint density at radius 1 is 1.07 bits per heavy atom. The van der Waals surface area contributed by atoms with Gasteiger partial charge < -0.3 is 19.4 Å². The topological polar surface area (TPSA) is 67.5 Å². The second-order valence-corrected chi connectivity index (χ2v) is 7.46. The van der Waals surface area contributed by atoms with E-state index < -0.39 is 0 Å². The maximum Gasteiger partial charge on any atom is 0.260 e. The maximum atomic E-state index is 12.9. The van der Waals surface area contributed by atoms with Gasteiger partial charge in [0.15, 0.2) is 11.5 Å². The number of aromatic nitrogens is 2. The predicted molar refractivity (Wildman–Crippen MR) is 117 cm³/mol. The van der Waals surface area contributed by atoms with Gasteiger partial charge in [-0.15, -0.1) is 11.3 Å². The minimum atomic E-state index is -0.141. The van der Waals surface area contributed by atoms with Gasteiger partial charge in [0.05, 0.1) is 26.2 Å². The van der Waals surface area contributed by atoms with Crippen LogP contribution in [0.2, 0.25) is 0 Å². The molecule has 0 aliphatic heterocycles. The first-order chi connectivity index (χ1) is 14.1. The van der Waals surface area contributed by atoms with Crippen LogP contribution >= 0.6 is 11.3 Å². The molecule has 4 rings (SSSR count). The summed E-state index contributed by atoms with van der Waals surface area (Å²) in [6.45, 7) is 0.513. The highest BCUT2D eigenvalue weighted by atomic mass is 32.1. The van der Waals surface area contributed by atoms with Crippen LogP contribution < -0.4 is 19.9 Å². The van der Waals surface area contributed by atoms with Gasteiger partial charge in [-0.2, -0.15) is 0 Å². The number of thiophene rings is 1. The van der Waals surface area contributed by atoms with Crippen LogP contribution in [0.3, 0.4) is 0 Å². The van der Waals surface area contributed by atoms with Crippen LogP contribution in [0.4, 0.5) is 5.69 Å². The Bertz CT molecular complexity index is 1200. The highest BCUT2D eigenvalue weighted by molar-refractivity contribution is 7.17. The summed E-state index contributed by atoms with van der Waals surface area (Å²) in [5.41, 5.74) is 2.64. The van der Waals surface area contributed by atoms with E-state index in [-0.39, 0.29) is 5.56 Å². The Balaban J connectivity index is 1.70. The van der Waals surface area contributed by atoms with Crippen LogP contribution in [-0.4, -0.2) is 31.2 Å². The Kier molecular flexibility index (Phi) is 5.22. The van der Waals surface area contributed by atoms with Crippen molar-refractivity contribution in [1.82, 2.24) is 9.97 Å². The van der Waals surface area contributed by atoms with Gasteiger partial charge in [-0.05, 0) is 29.8 Å². The average Bonchev–Trinajstić information content (AvgIpc) is 3.18. The van der Waals surface area contributed by atoms with Crippen LogP contribution in [0.1, 0.15) is 5.82 Å². The van der Waals surface area contributed by atoms with Crippen LogP contribution in [0.15, 0.2) is 58.7 Å². The number of benzene rings is 2. The molecule has 0 saturated carbocycles. The minimum Gasteiger partial charge on any atom is -0.493 e. The highest BCUT2D eigenvalue weighted by Gasteiger charge is 2.15. The molecule has 0 saturated heterocycles. The van der Waals surface area contributed by atoms with Crippen molar-refractivity contribution in [2.24, 2.45) is 0 Å². The largest absolute Gasteiger partial charge is 0.493 e. The van der Waals surface area contributed by atoms with E-state index >= 15 is 0 Å². The van der Waals surface area contributed by atoms with E-state index in [1.54, 1.807) is 14.2 Å². The number of hydrogen-bond acceptors (Lipinski definition) is 6. The van der Waals surface area contributed by atoms with Gasteiger partial charge in [-0.25, -0.2) is 4.98 Å². The van der Waals surface area contributed by atoms with Gasteiger partial charge >= 0.3 is 0 Å². The van der Waals surface area contributed by atoms with Crippen LogP contribution in [-0.2, 0) is 6.54 Å². The summed E-state index contributed by atoms with van der Waals surface area (Å²) < 4.78 is 10.7. The molecule has 0 aliphatic rings. The number of hydrogen-bond donors (Lipinski definition) is 1. The molecule has 2 heterocycles. The smallest absolute Gasteiger partial charge is 0.260 e. The number of nitrogens with zero attached hydrogens (tertiary/aromatic N) is 2. The van der Waals surface area contributed by atoms with E-state index in [2.05, 4.69) is 9.97 Å². The Morgan fingerprint density at radius 2 is 1.83 bits per heavy atom. The Labute approximate surface area is 172 Å². The third-order valence-electron chi connectivity index (χ3n) is 4.77. The number of rotatable bonds is 6. The standard InChI is InChI=1S/C22H21N3O3S/c1-25(15-7-5-4-6-8-15)12-19-23-21(26)20-16(13-29-22(20)24-19)14-9-10-17(27-2)18(11-14)28-3/h4-11,13H,12H2,1-3H3,(H,23,24,26). The molecule has 0 unspecified atom stereocenters. The van der Waals surface area contributed by atoms with Crippen molar-refractivity contribution < 1.29 is 9.47 Å². The first-order valence-corrected chi connectivity index (χ1v) is 9.97. The van der Waals surface area contributed by atoms with Crippen molar-refractivity contribution in [1.29, 1.82) is 0 Å². The number of methoxy groups -OCH3 is 2. The van der Waals surface area contributed by atoms with Crippen molar-refractivity contribution in [3.8, 4) is 22.6 Å². The first-order valence-electron chi connectivity index (χ1n) is 9.09. The van der Waals surface area contributed by atoms with Gasteiger partial charge in [0.25, 0.3) is 5.56 Å². The summed E-state index contributed by atoms with van der Waals surface area (Å²) >= 11 is 1.46. The lowest BCUT2D eigenvalue weighted by Gasteiger charge is -2.18. The van der Waals surface area contributed by atoms with Gasteiger partial charge in [0.1, 0.15) is 10.7 Å². The fraction of sp³-hybridized carbons (Fsp3) is 0.182. The zero-order valence-corrected chi connectivity index (χ0v) is 17.2. The van der Waals surface area contributed by atoms with Crippen molar-refractivity contribution in [2.45, 2.75) is 6.54 Å². The number of H-pyrrole nitrogens is 1. The second-order valence-electron chi connectivity index (χ2n) is 6.60. The molecule has 0 bridgehead atoms. The third kappa shape index (κ3) is 3.69. The average molecular weight is 407 g/mol. The van der Waals surface area contributed by atoms with E-state index in [9.17, 15) is 4.79 Å². The second kappa shape index (κ2) is 7.97. The molecule has 0 fully saturated rings. The fourth-order valence-electron chi connectivity index (χ4n) is 3.28. The zero-order valence-electron chi connectivity index (χ0n) is 16.4. The Hall–Kier alpha value is -3.32. The quantitative estimate of drug-likeness (QED) is 0.516. The molecule has 0 spiro atoms. The number of anilines is 1. The summed E-state index contributed by atoms with van der Waals surface area (Å²) in [5.74, 6) is 1.90. The van der Waals surface area contributed by atoms with Crippen molar-refractivity contribution in [3.63, 3.8) is 0 Å². The number of fused-ring (bicyclic) bond motifs is 1. The molecule has 1 N–H and O–H groups in total. The van der Waals surface area contributed by atoms with Crippen LogP contribution in [0, 0.1) is 0 Å². The monoisotopic (exact) mass is 407 g/mol. The van der Waals surface area contributed by atoms with E-state index in [1.165, 1.54) is 11.3 Å². The first kappa shape index (κ1) is 19.0. The Morgan fingerprint density at radius 3 is 2.55 bits per heavy atom. The summed E-state index contributed by atoms with van der Waals surface area (Å²) in [7, 11) is 5.17. The molecular weight excluding hydrogens is 386 g/mol. The maximum absolute atomic E-state index is 12.9. The lowest BCUT2D eigenvalue weighted by Crippen LogP contribution is -2.21. The molecule has 0 aliphatic carbocycles. The molecule has 2 aromatic heterocycles. The summed E-state index contributed by atoms with van der Waals surface area (Å²) in [6.07, 6.45) is 0. The van der Waals surface area contributed by atoms with Crippen molar-refractivity contribution in [2.75, 3.05) is 26.2 Å². The van der Waals surface area contributed by atoms with E-state index in [1.807, 2.05) is 65.9 Å². The molecule has 0 amide bonds. The van der Waals surface area contributed by atoms with Crippen LogP contribution in [0.5, 0.6) is 11.5 Å². The van der Waals surface area contributed by atoms with Gasteiger partial charge in [0, 0.05) is 23.7 Å². The van der Waals surface area contributed by atoms with E-state index in [4.69, 9.17) is 9.47 Å². The lowest BCUT2D eigenvalue weighted by atomic mass is 10.1. The molecular formula is C22H21N3O3S. The van der Waals surface area contributed by atoms with Gasteiger partial charge in [-0.1, -0.05) is 24.3 Å². The number of para-hydroxylation sites is 1. The van der Waals surface area contributed by atoms with Crippen molar-refractivity contribution in [3.05, 3.63) is 70.1 Å². The molecule has 6 nitrogen and oxygen atoms in total. The zero-order chi connectivity index (χ0) is 20.4. The predicted octanol–water partition coefficient (Wildman–Crippen LogP) is 4.31. The molecule has 2 aromatic carbocycles. The highest BCUT2D eigenvalue weighted by Crippen LogP contribution is 2.36. The minimum absolute atomic E-state index is 0.141. The van der Waals surface area contributed by atoms with E-state index in [0.29, 0.717) is 29.3 Å². The van der Waals surface area contributed by atoms with Gasteiger partial charge in [0.2, 0.25) is 0 Å². The molecule has 7 heteroatoms.